The third kappa shape index (κ3) is 4.51. The second kappa shape index (κ2) is 7.32. The summed E-state index contributed by atoms with van der Waals surface area (Å²) in [6.45, 7) is 8.55. The van der Waals surface area contributed by atoms with Crippen molar-refractivity contribution in [2.45, 2.75) is 50.7 Å². The molecule has 1 aromatic carbocycles. The van der Waals surface area contributed by atoms with Crippen molar-refractivity contribution in [3.63, 3.8) is 0 Å². The lowest BCUT2D eigenvalue weighted by Crippen LogP contribution is -2.38. The predicted octanol–water partition coefficient (Wildman–Crippen LogP) is 3.55. The highest BCUT2D eigenvalue weighted by Crippen LogP contribution is 2.21. The van der Waals surface area contributed by atoms with Gasteiger partial charge in [-0.15, -0.1) is 11.8 Å². The van der Waals surface area contributed by atoms with Crippen LogP contribution in [0.5, 0.6) is 0 Å². The van der Waals surface area contributed by atoms with Crippen LogP contribution < -0.4 is 5.32 Å². The van der Waals surface area contributed by atoms with Crippen molar-refractivity contribution in [1.29, 1.82) is 0 Å². The average Bonchev–Trinajstić information content (AvgIpc) is 2.92. The molecule has 2 unspecified atom stereocenters. The highest BCUT2D eigenvalue weighted by molar-refractivity contribution is 7.99. The van der Waals surface area contributed by atoms with Crippen LogP contribution in [0.25, 0.3) is 0 Å². The number of thioether (sulfide) groups is 1. The van der Waals surface area contributed by atoms with Gasteiger partial charge >= 0.3 is 0 Å². The summed E-state index contributed by atoms with van der Waals surface area (Å²) < 4.78 is 5.69. The number of aryl methyl sites for hydroxylation is 2. The Morgan fingerprint density at radius 2 is 2.21 bits per heavy atom. The third-order valence-electron chi connectivity index (χ3n) is 3.84. The van der Waals surface area contributed by atoms with Gasteiger partial charge in [0.25, 0.3) is 0 Å². The maximum Gasteiger partial charge on any atom is 0.0726 e. The van der Waals surface area contributed by atoms with Crippen LogP contribution in [0.4, 0.5) is 0 Å². The van der Waals surface area contributed by atoms with Crippen LogP contribution in [0.3, 0.4) is 0 Å². The third-order valence-corrected chi connectivity index (χ3v) is 4.83. The van der Waals surface area contributed by atoms with Gasteiger partial charge < -0.3 is 10.1 Å². The molecular weight excluding hydrogens is 254 g/mol. The fourth-order valence-electron chi connectivity index (χ4n) is 2.39. The van der Waals surface area contributed by atoms with E-state index in [2.05, 4.69) is 44.3 Å². The fourth-order valence-corrected chi connectivity index (χ4v) is 3.27. The molecule has 2 nitrogen and oxygen atoms in total. The summed E-state index contributed by atoms with van der Waals surface area (Å²) in [7, 11) is 0. The van der Waals surface area contributed by atoms with Gasteiger partial charge in [-0.05, 0) is 56.9 Å². The zero-order valence-electron chi connectivity index (χ0n) is 12.2. The molecule has 1 N–H and O–H groups in total. The molecule has 1 heterocycles. The van der Waals surface area contributed by atoms with E-state index in [4.69, 9.17) is 4.74 Å². The van der Waals surface area contributed by atoms with Crippen LogP contribution in [0, 0.1) is 13.8 Å². The van der Waals surface area contributed by atoms with Gasteiger partial charge in [-0.25, -0.2) is 0 Å². The lowest BCUT2D eigenvalue weighted by molar-refractivity contribution is 0.0844. The molecule has 2 atom stereocenters. The van der Waals surface area contributed by atoms with Crippen molar-refractivity contribution in [2.24, 2.45) is 0 Å². The van der Waals surface area contributed by atoms with Crippen LogP contribution in [0.1, 0.15) is 30.9 Å². The van der Waals surface area contributed by atoms with Crippen LogP contribution in [-0.4, -0.2) is 31.1 Å². The van der Waals surface area contributed by atoms with Crippen molar-refractivity contribution >= 4 is 11.8 Å². The number of ether oxygens (including phenoxy) is 1. The normalized spacial score (nSPS) is 20.7. The smallest absolute Gasteiger partial charge is 0.0726 e. The van der Waals surface area contributed by atoms with Gasteiger partial charge in [0.05, 0.1) is 6.10 Å². The first-order valence-electron chi connectivity index (χ1n) is 7.22. The Hall–Kier alpha value is -0.510. The molecule has 2 rings (SSSR count). The summed E-state index contributed by atoms with van der Waals surface area (Å²) in [6.07, 6.45) is 2.85. The molecule has 0 radical (unpaired) electrons. The van der Waals surface area contributed by atoms with E-state index in [9.17, 15) is 0 Å². The van der Waals surface area contributed by atoms with E-state index >= 15 is 0 Å². The van der Waals surface area contributed by atoms with E-state index in [0.717, 1.165) is 18.9 Å². The minimum absolute atomic E-state index is 0.423. The lowest BCUT2D eigenvalue weighted by Gasteiger charge is -2.19. The largest absolute Gasteiger partial charge is 0.377 e. The van der Waals surface area contributed by atoms with Crippen molar-refractivity contribution in [3.05, 3.63) is 29.3 Å². The highest BCUT2D eigenvalue weighted by Gasteiger charge is 2.21. The maximum absolute atomic E-state index is 5.69. The van der Waals surface area contributed by atoms with E-state index in [-0.39, 0.29) is 0 Å². The highest BCUT2D eigenvalue weighted by atomic mass is 32.2. The van der Waals surface area contributed by atoms with E-state index in [0.29, 0.717) is 12.1 Å². The monoisotopic (exact) mass is 279 g/mol. The molecule has 0 spiro atoms. The summed E-state index contributed by atoms with van der Waals surface area (Å²) >= 11 is 1.92. The van der Waals surface area contributed by atoms with Gasteiger partial charge in [0, 0.05) is 29.8 Å². The molecule has 3 heteroatoms. The molecule has 1 saturated heterocycles. The number of hydrogen-bond acceptors (Lipinski definition) is 3. The summed E-state index contributed by atoms with van der Waals surface area (Å²) in [5.74, 6) is 1.11. The van der Waals surface area contributed by atoms with Crippen LogP contribution in [-0.2, 0) is 4.74 Å². The minimum atomic E-state index is 0.423. The zero-order valence-corrected chi connectivity index (χ0v) is 13.1. The Morgan fingerprint density at radius 1 is 1.37 bits per heavy atom. The molecule has 1 aromatic rings. The zero-order chi connectivity index (χ0) is 13.7. The molecule has 1 fully saturated rings. The summed E-state index contributed by atoms with van der Waals surface area (Å²) in [4.78, 5) is 1.37. The molecule has 0 aliphatic carbocycles. The molecule has 106 valence electrons. The number of hydrogen-bond donors (Lipinski definition) is 1. The molecule has 0 bridgehead atoms. The maximum atomic E-state index is 5.69. The second-order valence-corrected chi connectivity index (χ2v) is 6.56. The van der Waals surface area contributed by atoms with Gasteiger partial charge in [0.2, 0.25) is 0 Å². The van der Waals surface area contributed by atoms with Gasteiger partial charge in [-0.1, -0.05) is 6.07 Å². The molecule has 0 aromatic heterocycles. The first kappa shape index (κ1) is 14.9. The Morgan fingerprint density at radius 3 is 2.89 bits per heavy atom. The Bertz CT molecular complexity index is 402. The summed E-state index contributed by atoms with van der Waals surface area (Å²) in [5.41, 5.74) is 2.75. The molecular formula is C16H25NOS. The number of nitrogens with one attached hydrogen (secondary N) is 1. The lowest BCUT2D eigenvalue weighted by atomic mass is 10.1. The van der Waals surface area contributed by atoms with Crippen molar-refractivity contribution < 1.29 is 4.74 Å². The quantitative estimate of drug-likeness (QED) is 0.635. The fraction of sp³-hybridized carbons (Fsp3) is 0.625. The number of benzene rings is 1. The van der Waals surface area contributed by atoms with Crippen LogP contribution in [0.2, 0.25) is 0 Å². The molecule has 1 aliphatic heterocycles. The van der Waals surface area contributed by atoms with Gasteiger partial charge in [-0.3, -0.25) is 0 Å². The molecule has 19 heavy (non-hydrogen) atoms. The molecule has 0 amide bonds. The van der Waals surface area contributed by atoms with E-state index in [1.165, 1.54) is 28.9 Å². The summed E-state index contributed by atoms with van der Waals surface area (Å²) in [5, 5.41) is 3.57. The SMILES string of the molecule is Cc1ccc(SCCNC(C)C2CCCO2)cc1C. The van der Waals surface area contributed by atoms with Crippen molar-refractivity contribution in [2.75, 3.05) is 18.9 Å². The average molecular weight is 279 g/mol. The van der Waals surface area contributed by atoms with E-state index in [1.807, 2.05) is 11.8 Å². The second-order valence-electron chi connectivity index (χ2n) is 5.39. The summed E-state index contributed by atoms with van der Waals surface area (Å²) in [6, 6.07) is 7.18. The van der Waals surface area contributed by atoms with Crippen molar-refractivity contribution in [1.82, 2.24) is 5.32 Å². The number of rotatable bonds is 6. The predicted molar refractivity (Wildman–Crippen MR) is 83.1 cm³/mol. The van der Waals surface area contributed by atoms with Gasteiger partial charge in [-0.2, -0.15) is 0 Å². The van der Waals surface area contributed by atoms with E-state index in [1.54, 1.807) is 0 Å². The molecule has 0 saturated carbocycles. The first-order chi connectivity index (χ1) is 9.16. The topological polar surface area (TPSA) is 21.3 Å². The van der Waals surface area contributed by atoms with E-state index < -0.39 is 0 Å². The van der Waals surface area contributed by atoms with Crippen molar-refractivity contribution in [3.8, 4) is 0 Å². The standard InChI is InChI=1S/C16H25NOS/c1-12-6-7-15(11-13(12)2)19-10-8-17-14(3)16-5-4-9-18-16/h6-7,11,14,16-17H,4-5,8-10H2,1-3H3. The first-order valence-corrected chi connectivity index (χ1v) is 8.20. The Balaban J connectivity index is 1.67. The Kier molecular flexibility index (Phi) is 5.74. The van der Waals surface area contributed by atoms with Crippen LogP contribution in [0.15, 0.2) is 23.1 Å². The minimum Gasteiger partial charge on any atom is -0.377 e. The molecule has 1 aliphatic rings. The van der Waals surface area contributed by atoms with Crippen LogP contribution >= 0.6 is 11.8 Å². The van der Waals surface area contributed by atoms with Gasteiger partial charge in [0.1, 0.15) is 0 Å². The Labute approximate surface area is 121 Å². The van der Waals surface area contributed by atoms with Gasteiger partial charge in [0.15, 0.2) is 0 Å².